The van der Waals surface area contributed by atoms with Crippen molar-refractivity contribution in [3.8, 4) is 0 Å². The summed E-state index contributed by atoms with van der Waals surface area (Å²) >= 11 is 3.46. The average molecular weight is 565 g/mol. The number of aromatic amines is 1. The van der Waals surface area contributed by atoms with Gasteiger partial charge in [0.1, 0.15) is 18.7 Å². The largest absolute Gasteiger partial charge is 0.417 e. The Morgan fingerprint density at radius 3 is 2.62 bits per heavy atom. The van der Waals surface area contributed by atoms with Crippen molar-refractivity contribution in [1.82, 2.24) is 9.88 Å². The number of rotatable bonds is 6. The number of ether oxygens (including phenoxy) is 1. The fraction of sp³-hybridized carbons (Fsp3) is 0.222. The molecular weight excluding hydrogens is 543 g/mol. The van der Waals surface area contributed by atoms with Crippen LogP contribution < -0.4 is 10.8 Å². The van der Waals surface area contributed by atoms with Gasteiger partial charge in [0, 0.05) is 11.0 Å². The van der Waals surface area contributed by atoms with Crippen LogP contribution >= 0.6 is 15.9 Å². The summed E-state index contributed by atoms with van der Waals surface area (Å²) < 4.78 is 25.7. The summed E-state index contributed by atoms with van der Waals surface area (Å²) in [5, 5.41) is 6.77. The van der Waals surface area contributed by atoms with E-state index >= 15 is 0 Å². The minimum absolute atomic E-state index is 0.00969. The Labute approximate surface area is 219 Å². The number of halogens is 2. The molecular formula is C27H22BrFN4O4. The van der Waals surface area contributed by atoms with Gasteiger partial charge < -0.3 is 14.1 Å². The molecule has 0 bridgehead atoms. The number of aromatic nitrogens is 1. The second kappa shape index (κ2) is 9.60. The van der Waals surface area contributed by atoms with Crippen molar-refractivity contribution in [2.75, 3.05) is 24.7 Å². The van der Waals surface area contributed by atoms with Gasteiger partial charge in [0.05, 0.1) is 29.4 Å². The summed E-state index contributed by atoms with van der Waals surface area (Å²) in [5.41, 5.74) is 4.50. The molecule has 4 aromatic rings. The van der Waals surface area contributed by atoms with Gasteiger partial charge in [-0.05, 0) is 66.1 Å². The molecule has 1 saturated heterocycles. The lowest BCUT2D eigenvalue weighted by atomic mass is 9.95. The van der Waals surface area contributed by atoms with Gasteiger partial charge in [0.15, 0.2) is 5.58 Å². The van der Waals surface area contributed by atoms with Gasteiger partial charge in [-0.2, -0.15) is 5.10 Å². The first-order chi connectivity index (χ1) is 17.9. The fourth-order valence-electron chi connectivity index (χ4n) is 4.87. The van der Waals surface area contributed by atoms with Crippen LogP contribution in [0.3, 0.4) is 0 Å². The molecule has 1 amide bonds. The molecule has 1 fully saturated rings. The first kappa shape index (κ1) is 23.6. The second-order valence-electron chi connectivity index (χ2n) is 9.04. The summed E-state index contributed by atoms with van der Waals surface area (Å²) in [4.78, 5) is 28.8. The number of hydrogen-bond acceptors (Lipinski definition) is 6. The molecule has 2 unspecified atom stereocenters. The van der Waals surface area contributed by atoms with Gasteiger partial charge in [-0.15, -0.1) is 0 Å². The first-order valence-corrected chi connectivity index (χ1v) is 12.6. The summed E-state index contributed by atoms with van der Waals surface area (Å²) in [5.74, 6) is -1.16. The molecule has 2 atom stereocenters. The number of nitrogens with zero attached hydrogens (tertiary/aromatic N) is 3. The third kappa shape index (κ3) is 4.70. The lowest BCUT2D eigenvalue weighted by molar-refractivity contribution is -0.128. The number of amides is 1. The highest BCUT2D eigenvalue weighted by atomic mass is 79.9. The lowest BCUT2D eigenvalue weighted by Gasteiger charge is -2.29. The molecule has 6 rings (SSSR count). The van der Waals surface area contributed by atoms with E-state index in [2.05, 4.69) is 20.9 Å². The number of anilines is 1. The number of carbonyl (C=O) groups excluding carboxylic acids is 1. The molecule has 0 aliphatic carbocycles. The molecule has 8 nitrogen and oxygen atoms in total. The van der Waals surface area contributed by atoms with Gasteiger partial charge >= 0.3 is 5.76 Å². The van der Waals surface area contributed by atoms with Crippen LogP contribution in [0.25, 0.3) is 11.1 Å². The Morgan fingerprint density at radius 1 is 1.05 bits per heavy atom. The van der Waals surface area contributed by atoms with Crippen LogP contribution in [0, 0.1) is 11.7 Å². The van der Waals surface area contributed by atoms with Crippen LogP contribution in [0.2, 0.25) is 0 Å². The number of hydrogen-bond donors (Lipinski definition) is 1. The Morgan fingerprint density at radius 2 is 1.84 bits per heavy atom. The number of fused-ring (bicyclic) bond motifs is 1. The molecule has 2 aliphatic rings. The normalized spacial score (nSPS) is 19.7. The third-order valence-corrected chi connectivity index (χ3v) is 7.22. The average Bonchev–Trinajstić information content (AvgIpc) is 3.59. The van der Waals surface area contributed by atoms with Crippen molar-refractivity contribution in [2.45, 2.75) is 12.6 Å². The quantitative estimate of drug-likeness (QED) is 0.377. The van der Waals surface area contributed by atoms with Crippen molar-refractivity contribution >= 4 is 44.3 Å². The summed E-state index contributed by atoms with van der Waals surface area (Å²) in [7, 11) is 0. The van der Waals surface area contributed by atoms with E-state index in [9.17, 15) is 14.0 Å². The van der Waals surface area contributed by atoms with Crippen molar-refractivity contribution in [3.05, 3.63) is 98.7 Å². The number of carbonyl (C=O) groups is 1. The van der Waals surface area contributed by atoms with Gasteiger partial charge in [-0.25, -0.2) is 9.18 Å². The SMILES string of the molecule is O=C1COC(C2CN(c3ccc(Br)cc3)N=C2c2ccc(F)cc2)N1CCc1ccc2oc(=O)[nH]c2c1. The van der Waals surface area contributed by atoms with Crippen LogP contribution in [-0.4, -0.2) is 47.4 Å². The van der Waals surface area contributed by atoms with Crippen LogP contribution in [0.15, 0.2) is 85.5 Å². The van der Waals surface area contributed by atoms with Crippen molar-refractivity contribution in [3.63, 3.8) is 0 Å². The van der Waals surface area contributed by atoms with E-state index in [4.69, 9.17) is 14.3 Å². The number of hydrazone groups is 1. The van der Waals surface area contributed by atoms with E-state index in [1.54, 1.807) is 23.1 Å². The predicted molar refractivity (Wildman–Crippen MR) is 140 cm³/mol. The molecule has 3 heterocycles. The molecule has 0 saturated carbocycles. The highest BCUT2D eigenvalue weighted by molar-refractivity contribution is 9.10. The van der Waals surface area contributed by atoms with E-state index in [-0.39, 0.29) is 24.2 Å². The minimum Gasteiger partial charge on any atom is -0.408 e. The van der Waals surface area contributed by atoms with Crippen LogP contribution in [-0.2, 0) is 16.0 Å². The number of H-pyrrole nitrogens is 1. The molecule has 10 heteroatoms. The maximum absolute atomic E-state index is 13.7. The zero-order valence-corrected chi connectivity index (χ0v) is 21.2. The number of benzene rings is 3. The van der Waals surface area contributed by atoms with Crippen LogP contribution in [0.4, 0.5) is 10.1 Å². The number of nitrogens with one attached hydrogen (secondary N) is 1. The van der Waals surface area contributed by atoms with Crippen molar-refractivity contribution in [1.29, 1.82) is 0 Å². The maximum Gasteiger partial charge on any atom is 0.417 e. The molecule has 0 radical (unpaired) electrons. The van der Waals surface area contributed by atoms with E-state index < -0.39 is 12.0 Å². The van der Waals surface area contributed by atoms with Crippen LogP contribution in [0.1, 0.15) is 11.1 Å². The highest BCUT2D eigenvalue weighted by Crippen LogP contribution is 2.32. The molecule has 37 heavy (non-hydrogen) atoms. The van der Waals surface area contributed by atoms with E-state index in [0.29, 0.717) is 30.6 Å². The standard InChI is InChI=1S/C27H22BrFN4O4/c28-18-4-8-20(9-5-18)33-14-21(25(31-33)17-2-6-19(29)7-3-17)26-32(24(34)15-36-26)12-11-16-1-10-23-22(13-16)30-27(35)37-23/h1-10,13,21,26H,11-12,14-15H2,(H,30,35). The summed E-state index contributed by atoms with van der Waals surface area (Å²) in [6.07, 6.45) is 0.0511. The predicted octanol–water partition coefficient (Wildman–Crippen LogP) is 4.29. The number of oxazole rings is 1. The maximum atomic E-state index is 13.7. The third-order valence-electron chi connectivity index (χ3n) is 6.69. The van der Waals surface area contributed by atoms with Gasteiger partial charge in [-0.1, -0.05) is 34.1 Å². The monoisotopic (exact) mass is 564 g/mol. The first-order valence-electron chi connectivity index (χ1n) is 11.8. The molecule has 1 aromatic heterocycles. The Bertz CT molecular complexity index is 1550. The Hall–Kier alpha value is -3.76. The summed E-state index contributed by atoms with van der Waals surface area (Å²) in [6.45, 7) is 0.928. The van der Waals surface area contributed by atoms with E-state index in [0.717, 1.165) is 27.0 Å². The van der Waals surface area contributed by atoms with Crippen molar-refractivity contribution < 1.29 is 18.3 Å². The minimum atomic E-state index is -0.519. The highest BCUT2D eigenvalue weighted by Gasteiger charge is 2.43. The van der Waals surface area contributed by atoms with E-state index in [1.165, 1.54) is 12.1 Å². The lowest BCUT2D eigenvalue weighted by Crippen LogP contribution is -2.44. The Balaban J connectivity index is 1.27. The molecule has 188 valence electrons. The zero-order chi connectivity index (χ0) is 25.5. The summed E-state index contributed by atoms with van der Waals surface area (Å²) in [6, 6.07) is 19.5. The zero-order valence-electron chi connectivity index (χ0n) is 19.6. The van der Waals surface area contributed by atoms with Gasteiger partial charge in [-0.3, -0.25) is 14.8 Å². The van der Waals surface area contributed by atoms with Gasteiger partial charge in [0.2, 0.25) is 0 Å². The molecule has 0 spiro atoms. The second-order valence-corrected chi connectivity index (χ2v) is 9.96. The fourth-order valence-corrected chi connectivity index (χ4v) is 5.14. The van der Waals surface area contributed by atoms with Crippen molar-refractivity contribution in [2.24, 2.45) is 11.0 Å². The topological polar surface area (TPSA) is 91.1 Å². The molecule has 3 aromatic carbocycles. The molecule has 2 aliphatic heterocycles. The van der Waals surface area contributed by atoms with Gasteiger partial charge in [0.25, 0.3) is 5.91 Å². The Kier molecular flexibility index (Phi) is 6.13. The van der Waals surface area contributed by atoms with E-state index in [1.807, 2.05) is 41.4 Å². The van der Waals surface area contributed by atoms with Crippen LogP contribution in [0.5, 0.6) is 0 Å². The molecule has 1 N–H and O–H groups in total. The smallest absolute Gasteiger partial charge is 0.408 e.